The lowest BCUT2D eigenvalue weighted by Crippen LogP contribution is -2.23. The van der Waals surface area contributed by atoms with Crippen molar-refractivity contribution in [2.75, 3.05) is 11.5 Å². The number of carbonyl (C=O) groups excluding carboxylic acids is 1. The molecule has 0 aromatic carbocycles. The number of aromatic nitrogens is 2. The zero-order valence-corrected chi connectivity index (χ0v) is 13.0. The summed E-state index contributed by atoms with van der Waals surface area (Å²) in [6.45, 7) is 2.16. The minimum atomic E-state index is -2.98. The first-order chi connectivity index (χ1) is 10.5. The predicted octanol–water partition coefficient (Wildman–Crippen LogP) is 1.07. The fraction of sp³-hybridized carbons (Fsp3) is 0.429. The Hall–Kier alpha value is -2.09. The van der Waals surface area contributed by atoms with Gasteiger partial charge in [0, 0.05) is 17.8 Å². The highest BCUT2D eigenvalue weighted by Gasteiger charge is 2.31. The van der Waals surface area contributed by atoms with Crippen LogP contribution in [0.15, 0.2) is 29.2 Å². The van der Waals surface area contributed by atoms with E-state index in [0.29, 0.717) is 24.2 Å². The number of nitrogens with one attached hydrogen (secondary N) is 1. The summed E-state index contributed by atoms with van der Waals surface area (Å²) >= 11 is 0. The summed E-state index contributed by atoms with van der Waals surface area (Å²) in [5.74, 6) is 0.0377. The molecule has 2 aromatic rings. The maximum absolute atomic E-state index is 12.2. The molecule has 1 atom stereocenters. The summed E-state index contributed by atoms with van der Waals surface area (Å²) in [6.07, 6.45) is 5.15. The number of hydrogen-bond acceptors (Lipinski definition) is 5. The van der Waals surface area contributed by atoms with Crippen LogP contribution in [0.5, 0.6) is 0 Å². The maximum atomic E-state index is 12.2. The van der Waals surface area contributed by atoms with E-state index in [4.69, 9.17) is 4.42 Å². The van der Waals surface area contributed by atoms with Crippen LogP contribution in [-0.4, -0.2) is 35.6 Å². The average Bonchev–Trinajstić information content (AvgIpc) is 3.16. The Kier molecular flexibility index (Phi) is 3.78. The Labute approximate surface area is 128 Å². The van der Waals surface area contributed by atoms with Gasteiger partial charge < -0.3 is 9.73 Å². The van der Waals surface area contributed by atoms with Gasteiger partial charge in [-0.1, -0.05) is 0 Å². The van der Waals surface area contributed by atoms with Gasteiger partial charge in [0.15, 0.2) is 9.84 Å². The number of furan rings is 1. The van der Waals surface area contributed by atoms with Crippen molar-refractivity contribution < 1.29 is 17.6 Å². The normalized spacial score (nSPS) is 20.1. The van der Waals surface area contributed by atoms with Crippen LogP contribution in [0.4, 0.5) is 0 Å². The molecule has 0 bridgehead atoms. The second-order valence-corrected chi connectivity index (χ2v) is 7.69. The van der Waals surface area contributed by atoms with Gasteiger partial charge in [-0.2, -0.15) is 5.10 Å². The van der Waals surface area contributed by atoms with Gasteiger partial charge in [0.25, 0.3) is 5.91 Å². The fourth-order valence-corrected chi connectivity index (χ4v) is 4.35. The van der Waals surface area contributed by atoms with Crippen LogP contribution in [0, 0.1) is 6.92 Å². The number of hydrogen-bond donors (Lipinski definition) is 1. The number of amides is 1. The van der Waals surface area contributed by atoms with E-state index in [2.05, 4.69) is 10.4 Å². The second kappa shape index (κ2) is 5.60. The minimum Gasteiger partial charge on any atom is -0.472 e. The van der Waals surface area contributed by atoms with Crippen LogP contribution in [0.2, 0.25) is 0 Å². The maximum Gasteiger partial charge on any atom is 0.255 e. The van der Waals surface area contributed by atoms with E-state index in [1.165, 1.54) is 6.20 Å². The van der Waals surface area contributed by atoms with Crippen molar-refractivity contribution in [3.8, 4) is 0 Å². The van der Waals surface area contributed by atoms with Crippen molar-refractivity contribution in [2.45, 2.75) is 25.9 Å². The topological polar surface area (TPSA) is 94.2 Å². The largest absolute Gasteiger partial charge is 0.472 e. The third kappa shape index (κ3) is 2.92. The molecule has 1 unspecified atom stereocenters. The third-order valence-electron chi connectivity index (χ3n) is 3.88. The molecule has 8 heteroatoms. The lowest BCUT2D eigenvalue weighted by molar-refractivity contribution is 0.0950. The quantitative estimate of drug-likeness (QED) is 0.908. The van der Waals surface area contributed by atoms with Crippen LogP contribution in [0.25, 0.3) is 0 Å². The molecule has 1 N–H and O–H groups in total. The van der Waals surface area contributed by atoms with Crippen molar-refractivity contribution in [1.29, 1.82) is 0 Å². The molecule has 3 heterocycles. The molecule has 0 spiro atoms. The molecule has 3 rings (SSSR count). The van der Waals surface area contributed by atoms with E-state index in [0.717, 1.165) is 5.56 Å². The van der Waals surface area contributed by atoms with E-state index < -0.39 is 9.84 Å². The minimum absolute atomic E-state index is 0.0889. The Morgan fingerprint density at radius 1 is 1.55 bits per heavy atom. The van der Waals surface area contributed by atoms with Crippen LogP contribution in [0.3, 0.4) is 0 Å². The molecule has 0 saturated carbocycles. The number of sulfone groups is 1. The van der Waals surface area contributed by atoms with Gasteiger partial charge in [0.2, 0.25) is 0 Å². The summed E-state index contributed by atoms with van der Waals surface area (Å²) in [5, 5.41) is 6.99. The van der Waals surface area contributed by atoms with E-state index in [-0.39, 0.29) is 23.5 Å². The lowest BCUT2D eigenvalue weighted by atomic mass is 10.2. The van der Waals surface area contributed by atoms with E-state index >= 15 is 0 Å². The highest BCUT2D eigenvalue weighted by molar-refractivity contribution is 7.91. The fourth-order valence-electron chi connectivity index (χ4n) is 2.65. The van der Waals surface area contributed by atoms with Gasteiger partial charge in [-0.05, 0) is 19.4 Å². The standard InChI is InChI=1S/C14H17N3O4S/c1-10-13(14(18)15-6-11-2-4-21-8-11)7-16-17(10)12-3-5-22(19,20)9-12/h2,4,7-8,12H,3,5-6,9H2,1H3,(H,15,18). The van der Waals surface area contributed by atoms with Crippen molar-refractivity contribution in [3.63, 3.8) is 0 Å². The Balaban J connectivity index is 1.71. The molecule has 2 aromatic heterocycles. The lowest BCUT2D eigenvalue weighted by Gasteiger charge is -2.11. The molecule has 1 fully saturated rings. The smallest absolute Gasteiger partial charge is 0.255 e. The van der Waals surface area contributed by atoms with Crippen LogP contribution >= 0.6 is 0 Å². The van der Waals surface area contributed by atoms with Crippen molar-refractivity contribution in [1.82, 2.24) is 15.1 Å². The molecule has 118 valence electrons. The van der Waals surface area contributed by atoms with Crippen LogP contribution in [0.1, 0.15) is 34.1 Å². The van der Waals surface area contributed by atoms with E-state index in [1.807, 2.05) is 0 Å². The highest BCUT2D eigenvalue weighted by atomic mass is 32.2. The summed E-state index contributed by atoms with van der Waals surface area (Å²) in [5.41, 5.74) is 2.03. The molecule has 1 amide bonds. The summed E-state index contributed by atoms with van der Waals surface area (Å²) in [4.78, 5) is 12.2. The van der Waals surface area contributed by atoms with Gasteiger partial charge in [-0.3, -0.25) is 9.48 Å². The van der Waals surface area contributed by atoms with Crippen LogP contribution in [-0.2, 0) is 16.4 Å². The SMILES string of the molecule is Cc1c(C(=O)NCc2ccoc2)cnn1C1CCS(=O)(=O)C1. The van der Waals surface area contributed by atoms with Crippen molar-refractivity contribution >= 4 is 15.7 Å². The first kappa shape index (κ1) is 14.8. The molecule has 0 aliphatic carbocycles. The summed E-state index contributed by atoms with van der Waals surface area (Å²) in [6, 6.07) is 1.60. The van der Waals surface area contributed by atoms with Gasteiger partial charge in [-0.15, -0.1) is 0 Å². The second-order valence-electron chi connectivity index (χ2n) is 5.46. The van der Waals surface area contributed by atoms with Crippen LogP contribution < -0.4 is 5.32 Å². The monoisotopic (exact) mass is 323 g/mol. The number of carbonyl (C=O) groups is 1. The van der Waals surface area contributed by atoms with E-state index in [9.17, 15) is 13.2 Å². The molecule has 1 aliphatic rings. The molecule has 7 nitrogen and oxygen atoms in total. The average molecular weight is 323 g/mol. The van der Waals surface area contributed by atoms with Gasteiger partial charge in [-0.25, -0.2) is 8.42 Å². The van der Waals surface area contributed by atoms with E-state index in [1.54, 1.807) is 30.2 Å². The number of rotatable bonds is 4. The molecule has 22 heavy (non-hydrogen) atoms. The summed E-state index contributed by atoms with van der Waals surface area (Å²) < 4.78 is 29.7. The van der Waals surface area contributed by atoms with Crippen molar-refractivity contribution in [3.05, 3.63) is 41.6 Å². The summed E-state index contributed by atoms with van der Waals surface area (Å²) in [7, 11) is -2.98. The van der Waals surface area contributed by atoms with Gasteiger partial charge in [0.05, 0.1) is 41.8 Å². The van der Waals surface area contributed by atoms with Crippen molar-refractivity contribution in [2.24, 2.45) is 0 Å². The Morgan fingerprint density at radius 3 is 3.00 bits per heavy atom. The molecule has 0 radical (unpaired) electrons. The Bertz CT molecular complexity index is 777. The van der Waals surface area contributed by atoms with Gasteiger partial charge in [0.1, 0.15) is 0 Å². The Morgan fingerprint density at radius 2 is 2.36 bits per heavy atom. The molecule has 1 aliphatic heterocycles. The zero-order valence-electron chi connectivity index (χ0n) is 12.2. The molecular formula is C14H17N3O4S. The number of nitrogens with zero attached hydrogens (tertiary/aromatic N) is 2. The first-order valence-electron chi connectivity index (χ1n) is 7.00. The van der Waals surface area contributed by atoms with Gasteiger partial charge >= 0.3 is 0 Å². The third-order valence-corrected chi connectivity index (χ3v) is 5.63. The highest BCUT2D eigenvalue weighted by Crippen LogP contribution is 2.25. The first-order valence-corrected chi connectivity index (χ1v) is 8.82. The molecule has 1 saturated heterocycles. The predicted molar refractivity (Wildman–Crippen MR) is 79.2 cm³/mol. The zero-order chi connectivity index (χ0) is 15.7. The molecular weight excluding hydrogens is 306 g/mol.